The summed E-state index contributed by atoms with van der Waals surface area (Å²) in [6.45, 7) is 0. The smallest absolute Gasteiger partial charge is 0.228 e. The Morgan fingerprint density at radius 1 is 1.07 bits per heavy atom. The van der Waals surface area contributed by atoms with Gasteiger partial charge < -0.3 is 10.6 Å². The Hall–Kier alpha value is -2.67. The summed E-state index contributed by atoms with van der Waals surface area (Å²) in [6.07, 6.45) is 4.91. The Bertz CT molecular complexity index is 1040. The number of nitrogens with one attached hydrogen (secondary N) is 2. The molecule has 2 aliphatic rings. The van der Waals surface area contributed by atoms with Gasteiger partial charge in [0.25, 0.3) is 0 Å². The van der Waals surface area contributed by atoms with Crippen LogP contribution < -0.4 is 10.6 Å². The van der Waals surface area contributed by atoms with Gasteiger partial charge in [0, 0.05) is 18.2 Å². The molecule has 30 heavy (non-hydrogen) atoms. The second-order valence-corrected chi connectivity index (χ2v) is 10.1. The molecule has 0 aromatic heterocycles. The van der Waals surface area contributed by atoms with E-state index in [-0.39, 0.29) is 28.5 Å². The summed E-state index contributed by atoms with van der Waals surface area (Å²) in [7, 11) is -3.71. The third-order valence-electron chi connectivity index (χ3n) is 5.94. The molecule has 2 aromatic rings. The van der Waals surface area contributed by atoms with Crippen molar-refractivity contribution in [3.63, 3.8) is 0 Å². The van der Waals surface area contributed by atoms with Crippen LogP contribution in [0.1, 0.15) is 49.1 Å². The van der Waals surface area contributed by atoms with E-state index in [0.717, 1.165) is 31.2 Å². The Morgan fingerprint density at radius 2 is 1.80 bits per heavy atom. The van der Waals surface area contributed by atoms with Crippen LogP contribution in [-0.4, -0.2) is 32.0 Å². The molecular formula is C23H26N2O4S. The topological polar surface area (TPSA) is 92.3 Å². The van der Waals surface area contributed by atoms with Crippen molar-refractivity contribution in [2.75, 3.05) is 11.1 Å². The van der Waals surface area contributed by atoms with Crippen molar-refractivity contribution in [1.82, 2.24) is 5.32 Å². The van der Waals surface area contributed by atoms with Gasteiger partial charge in [-0.1, -0.05) is 43.2 Å². The van der Waals surface area contributed by atoms with Crippen LogP contribution in [0.25, 0.3) is 0 Å². The average Bonchev–Trinajstić information content (AvgIpc) is 3.25. The predicted octanol–water partition coefficient (Wildman–Crippen LogP) is 3.19. The number of rotatable bonds is 6. The molecule has 0 saturated heterocycles. The van der Waals surface area contributed by atoms with Crippen LogP contribution in [0.3, 0.4) is 0 Å². The number of sulfone groups is 1. The third kappa shape index (κ3) is 4.56. The largest absolute Gasteiger partial charge is 0.353 e. The van der Waals surface area contributed by atoms with Gasteiger partial charge in [-0.25, -0.2) is 8.42 Å². The number of carbonyl (C=O) groups excluding carboxylic acids is 2. The van der Waals surface area contributed by atoms with Crippen LogP contribution in [-0.2, 0) is 25.8 Å². The van der Waals surface area contributed by atoms with Gasteiger partial charge in [-0.2, -0.15) is 0 Å². The van der Waals surface area contributed by atoms with Crippen molar-refractivity contribution in [2.45, 2.75) is 55.4 Å². The van der Waals surface area contributed by atoms with E-state index in [1.165, 1.54) is 6.07 Å². The molecule has 1 heterocycles. The summed E-state index contributed by atoms with van der Waals surface area (Å²) < 4.78 is 26.5. The van der Waals surface area contributed by atoms with Crippen molar-refractivity contribution < 1.29 is 18.0 Å². The number of benzene rings is 2. The molecule has 1 aliphatic carbocycles. The maximum absolute atomic E-state index is 13.2. The number of anilines is 1. The van der Waals surface area contributed by atoms with Crippen LogP contribution in [0.4, 0.5) is 5.69 Å². The summed E-state index contributed by atoms with van der Waals surface area (Å²) in [6, 6.07) is 14.0. The zero-order valence-corrected chi connectivity index (χ0v) is 17.6. The Balaban J connectivity index is 1.60. The van der Waals surface area contributed by atoms with E-state index in [4.69, 9.17) is 0 Å². The highest BCUT2D eigenvalue weighted by Gasteiger charge is 2.31. The molecule has 7 heteroatoms. The van der Waals surface area contributed by atoms with E-state index in [1.54, 1.807) is 24.3 Å². The first kappa shape index (κ1) is 20.6. The third-order valence-corrected chi connectivity index (χ3v) is 7.68. The molecule has 0 spiro atoms. The SMILES string of the molecule is O=C1CCc2cc(S(=O)(=O)CC(C(=O)NC3CCCC3)c3ccccc3)ccc2N1. The molecule has 4 rings (SSSR count). The second kappa shape index (κ2) is 8.60. The van der Waals surface area contributed by atoms with E-state index in [9.17, 15) is 18.0 Å². The molecule has 6 nitrogen and oxygen atoms in total. The first-order valence-electron chi connectivity index (χ1n) is 10.4. The molecule has 1 aliphatic heterocycles. The molecule has 1 saturated carbocycles. The van der Waals surface area contributed by atoms with E-state index < -0.39 is 15.8 Å². The number of hydrogen-bond acceptors (Lipinski definition) is 4. The van der Waals surface area contributed by atoms with Gasteiger partial charge >= 0.3 is 0 Å². The molecule has 2 amide bonds. The lowest BCUT2D eigenvalue weighted by atomic mass is 10.00. The maximum atomic E-state index is 13.2. The molecule has 0 bridgehead atoms. The Morgan fingerprint density at radius 3 is 2.53 bits per heavy atom. The number of carbonyl (C=O) groups is 2. The fourth-order valence-corrected chi connectivity index (χ4v) is 5.82. The molecule has 1 atom stereocenters. The van der Waals surface area contributed by atoms with Crippen molar-refractivity contribution in [2.24, 2.45) is 0 Å². The second-order valence-electron chi connectivity index (χ2n) is 8.10. The highest BCUT2D eigenvalue weighted by atomic mass is 32.2. The fraction of sp³-hybridized carbons (Fsp3) is 0.391. The Kier molecular flexibility index (Phi) is 5.90. The van der Waals surface area contributed by atoms with Gasteiger partial charge in [0.1, 0.15) is 0 Å². The van der Waals surface area contributed by atoms with Gasteiger partial charge in [0.05, 0.1) is 16.6 Å². The van der Waals surface area contributed by atoms with Gasteiger partial charge in [-0.05, 0) is 48.6 Å². The normalized spacial score (nSPS) is 17.8. The predicted molar refractivity (Wildman–Crippen MR) is 115 cm³/mol. The highest BCUT2D eigenvalue weighted by molar-refractivity contribution is 7.91. The zero-order chi connectivity index (χ0) is 21.1. The van der Waals surface area contributed by atoms with Crippen LogP contribution >= 0.6 is 0 Å². The van der Waals surface area contributed by atoms with Crippen LogP contribution in [0.15, 0.2) is 53.4 Å². The Labute approximate surface area is 177 Å². The summed E-state index contributed by atoms with van der Waals surface area (Å²) >= 11 is 0. The van der Waals surface area contributed by atoms with Crippen molar-refractivity contribution >= 4 is 27.3 Å². The van der Waals surface area contributed by atoms with Crippen molar-refractivity contribution in [1.29, 1.82) is 0 Å². The minimum absolute atomic E-state index is 0.0640. The number of hydrogen-bond donors (Lipinski definition) is 2. The van der Waals surface area contributed by atoms with E-state index >= 15 is 0 Å². The van der Waals surface area contributed by atoms with Gasteiger partial charge in [-0.15, -0.1) is 0 Å². The first-order chi connectivity index (χ1) is 14.4. The summed E-state index contributed by atoms with van der Waals surface area (Å²) in [4.78, 5) is 24.8. The van der Waals surface area contributed by atoms with Gasteiger partial charge in [0.2, 0.25) is 11.8 Å². The molecule has 2 N–H and O–H groups in total. The monoisotopic (exact) mass is 426 g/mol. The molecule has 1 fully saturated rings. The molecule has 0 radical (unpaired) electrons. The van der Waals surface area contributed by atoms with Gasteiger partial charge in [0.15, 0.2) is 9.84 Å². The molecular weight excluding hydrogens is 400 g/mol. The van der Waals surface area contributed by atoms with E-state index in [0.29, 0.717) is 24.1 Å². The van der Waals surface area contributed by atoms with Crippen LogP contribution in [0, 0.1) is 0 Å². The summed E-state index contributed by atoms with van der Waals surface area (Å²) in [5, 5.41) is 5.82. The standard InChI is InChI=1S/C23H26N2O4S/c26-22-13-10-17-14-19(11-12-21(17)25-22)30(28,29)15-20(16-6-2-1-3-7-16)23(27)24-18-8-4-5-9-18/h1-3,6-7,11-12,14,18,20H,4-5,8-10,13,15H2,(H,24,27)(H,25,26). The zero-order valence-electron chi connectivity index (χ0n) is 16.8. The molecule has 1 unspecified atom stereocenters. The number of aryl methyl sites for hydroxylation is 1. The van der Waals surface area contributed by atoms with E-state index in [2.05, 4.69) is 10.6 Å². The summed E-state index contributed by atoms with van der Waals surface area (Å²) in [5.74, 6) is -1.36. The number of amides is 2. The lowest BCUT2D eigenvalue weighted by molar-refractivity contribution is -0.122. The summed E-state index contributed by atoms with van der Waals surface area (Å²) in [5.41, 5.74) is 2.16. The quantitative estimate of drug-likeness (QED) is 0.742. The number of fused-ring (bicyclic) bond motifs is 1. The first-order valence-corrected chi connectivity index (χ1v) is 12.1. The highest BCUT2D eigenvalue weighted by Crippen LogP contribution is 2.29. The molecule has 2 aromatic carbocycles. The van der Waals surface area contributed by atoms with Gasteiger partial charge in [-0.3, -0.25) is 9.59 Å². The van der Waals surface area contributed by atoms with Crippen molar-refractivity contribution in [3.8, 4) is 0 Å². The fourth-order valence-electron chi connectivity index (χ4n) is 4.25. The minimum atomic E-state index is -3.71. The van der Waals surface area contributed by atoms with Crippen molar-refractivity contribution in [3.05, 3.63) is 59.7 Å². The minimum Gasteiger partial charge on any atom is -0.353 e. The van der Waals surface area contributed by atoms with Crippen LogP contribution in [0.5, 0.6) is 0 Å². The lowest BCUT2D eigenvalue weighted by Gasteiger charge is -2.21. The lowest BCUT2D eigenvalue weighted by Crippen LogP contribution is -2.38. The molecule has 158 valence electrons. The van der Waals surface area contributed by atoms with E-state index in [1.807, 2.05) is 18.2 Å². The van der Waals surface area contributed by atoms with Crippen LogP contribution in [0.2, 0.25) is 0 Å². The average molecular weight is 427 g/mol. The maximum Gasteiger partial charge on any atom is 0.228 e.